The minimum Gasteiger partial charge on any atom is -0.481 e. The van der Waals surface area contributed by atoms with Crippen molar-refractivity contribution in [2.45, 2.75) is 19.1 Å². The van der Waals surface area contributed by atoms with Crippen LogP contribution < -0.4 is 0 Å². The van der Waals surface area contributed by atoms with Gasteiger partial charge in [0.05, 0.1) is 36.4 Å². The third-order valence-corrected chi connectivity index (χ3v) is 2.48. The van der Waals surface area contributed by atoms with Gasteiger partial charge in [0.15, 0.2) is 11.6 Å². The first-order chi connectivity index (χ1) is 8.47. The molecule has 0 fully saturated rings. The van der Waals surface area contributed by atoms with E-state index in [4.69, 9.17) is 5.11 Å². The molecule has 7 heteroatoms. The number of aliphatic hydroxyl groups excluding tert-OH is 1. The minimum absolute atomic E-state index is 0.0477. The molecule has 2 N–H and O–H groups in total. The number of aliphatic hydroxyl groups is 1. The molecule has 1 heterocycles. The van der Waals surface area contributed by atoms with Crippen LogP contribution in [-0.2, 0) is 11.3 Å². The maximum Gasteiger partial charge on any atom is 0.306 e. The highest BCUT2D eigenvalue weighted by atomic mass is 19.2. The SMILES string of the molecule is O=C(O)CC(O)Cn1cnc2cc(F)c(F)cc21. The lowest BCUT2D eigenvalue weighted by molar-refractivity contribution is -0.139. The van der Waals surface area contributed by atoms with Gasteiger partial charge in [0.1, 0.15) is 0 Å². The summed E-state index contributed by atoms with van der Waals surface area (Å²) in [4.78, 5) is 14.3. The molecule has 0 aliphatic rings. The molecule has 1 aromatic carbocycles. The van der Waals surface area contributed by atoms with Crippen molar-refractivity contribution in [3.8, 4) is 0 Å². The number of hydrogen-bond donors (Lipinski definition) is 2. The lowest BCUT2D eigenvalue weighted by Crippen LogP contribution is -2.19. The molecule has 1 aromatic heterocycles. The Balaban J connectivity index is 2.29. The maximum absolute atomic E-state index is 13.1. The van der Waals surface area contributed by atoms with Crippen LogP contribution in [0.25, 0.3) is 11.0 Å². The Morgan fingerprint density at radius 1 is 1.39 bits per heavy atom. The molecule has 96 valence electrons. The van der Waals surface area contributed by atoms with Gasteiger partial charge in [-0.3, -0.25) is 4.79 Å². The summed E-state index contributed by atoms with van der Waals surface area (Å²) in [6.45, 7) is -0.0477. The first-order valence-electron chi connectivity index (χ1n) is 5.17. The van der Waals surface area contributed by atoms with Crippen molar-refractivity contribution in [1.82, 2.24) is 9.55 Å². The number of rotatable bonds is 4. The number of benzene rings is 1. The number of imidazole rings is 1. The number of nitrogens with zero attached hydrogens (tertiary/aromatic N) is 2. The molecule has 1 atom stereocenters. The van der Waals surface area contributed by atoms with Gasteiger partial charge >= 0.3 is 5.97 Å². The summed E-state index contributed by atoms with van der Waals surface area (Å²) in [5.41, 5.74) is 0.551. The second kappa shape index (κ2) is 4.69. The Morgan fingerprint density at radius 3 is 2.72 bits per heavy atom. The minimum atomic E-state index is -1.14. The molecule has 0 radical (unpaired) electrons. The smallest absolute Gasteiger partial charge is 0.306 e. The Kier molecular flexibility index (Phi) is 3.24. The zero-order chi connectivity index (χ0) is 13.3. The number of carboxylic acids is 1. The molecule has 2 rings (SSSR count). The predicted octanol–water partition coefficient (Wildman–Crippen LogP) is 1.15. The first-order valence-corrected chi connectivity index (χ1v) is 5.17. The van der Waals surface area contributed by atoms with E-state index >= 15 is 0 Å². The number of hydrogen-bond acceptors (Lipinski definition) is 3. The number of aromatic nitrogens is 2. The maximum atomic E-state index is 13.1. The topological polar surface area (TPSA) is 75.3 Å². The molecule has 5 nitrogen and oxygen atoms in total. The number of halogens is 2. The van der Waals surface area contributed by atoms with Crippen LogP contribution in [-0.4, -0.2) is 31.8 Å². The highest BCUT2D eigenvalue weighted by molar-refractivity contribution is 5.75. The molecular formula is C11H10F2N2O3. The van der Waals surface area contributed by atoms with Crippen molar-refractivity contribution in [2.24, 2.45) is 0 Å². The average molecular weight is 256 g/mol. The quantitative estimate of drug-likeness (QED) is 0.860. The summed E-state index contributed by atoms with van der Waals surface area (Å²) in [6.07, 6.45) is -0.245. The third kappa shape index (κ3) is 2.45. The van der Waals surface area contributed by atoms with Gasteiger partial charge in [0.2, 0.25) is 0 Å². The number of aliphatic carboxylic acids is 1. The van der Waals surface area contributed by atoms with Crippen LogP contribution in [0.15, 0.2) is 18.5 Å². The second-order valence-corrected chi connectivity index (χ2v) is 3.90. The lowest BCUT2D eigenvalue weighted by Gasteiger charge is -2.09. The normalized spacial score (nSPS) is 12.8. The largest absolute Gasteiger partial charge is 0.481 e. The van der Waals surface area contributed by atoms with Crippen LogP contribution >= 0.6 is 0 Å². The fourth-order valence-electron chi connectivity index (χ4n) is 1.69. The molecule has 0 amide bonds. The van der Waals surface area contributed by atoms with Gasteiger partial charge in [-0.15, -0.1) is 0 Å². The van der Waals surface area contributed by atoms with E-state index in [0.717, 1.165) is 12.1 Å². The summed E-state index contributed by atoms with van der Waals surface area (Å²) in [5.74, 6) is -3.15. The zero-order valence-electron chi connectivity index (χ0n) is 9.18. The van der Waals surface area contributed by atoms with Crippen LogP contribution in [0.4, 0.5) is 8.78 Å². The van der Waals surface area contributed by atoms with E-state index in [0.29, 0.717) is 5.52 Å². The average Bonchev–Trinajstić information content (AvgIpc) is 2.61. The van der Waals surface area contributed by atoms with Gasteiger partial charge in [-0.25, -0.2) is 13.8 Å². The lowest BCUT2D eigenvalue weighted by atomic mass is 10.2. The van der Waals surface area contributed by atoms with Crippen LogP contribution in [0.5, 0.6) is 0 Å². The number of carbonyl (C=O) groups is 1. The van der Waals surface area contributed by atoms with Gasteiger partial charge in [0, 0.05) is 12.1 Å². The Labute approximate surface area is 100 Å². The van der Waals surface area contributed by atoms with Crippen molar-refractivity contribution in [1.29, 1.82) is 0 Å². The van der Waals surface area contributed by atoms with Gasteiger partial charge in [-0.2, -0.15) is 0 Å². The van der Waals surface area contributed by atoms with Crippen LogP contribution in [0.1, 0.15) is 6.42 Å². The number of carboxylic acid groups (broad SMARTS) is 1. The summed E-state index contributed by atoms with van der Waals surface area (Å²) in [5, 5.41) is 18.0. The summed E-state index contributed by atoms with van der Waals surface area (Å²) >= 11 is 0. The van der Waals surface area contributed by atoms with Crippen molar-refractivity contribution in [3.63, 3.8) is 0 Å². The summed E-state index contributed by atoms with van der Waals surface area (Å²) in [7, 11) is 0. The molecule has 0 aliphatic heterocycles. The van der Waals surface area contributed by atoms with E-state index in [1.807, 2.05) is 0 Å². The van der Waals surface area contributed by atoms with E-state index in [9.17, 15) is 18.7 Å². The molecule has 0 bridgehead atoms. The predicted molar refractivity (Wildman–Crippen MR) is 57.9 cm³/mol. The summed E-state index contributed by atoms with van der Waals surface area (Å²) < 4.78 is 27.4. The van der Waals surface area contributed by atoms with Crippen molar-refractivity contribution in [2.75, 3.05) is 0 Å². The summed E-state index contributed by atoms with van der Waals surface area (Å²) in [6, 6.07) is 1.91. The van der Waals surface area contributed by atoms with Crippen LogP contribution in [0.3, 0.4) is 0 Å². The van der Waals surface area contributed by atoms with Crippen molar-refractivity contribution >= 4 is 17.0 Å². The number of fused-ring (bicyclic) bond motifs is 1. The van der Waals surface area contributed by atoms with E-state index in [2.05, 4.69) is 4.98 Å². The molecular weight excluding hydrogens is 246 g/mol. The fourth-order valence-corrected chi connectivity index (χ4v) is 1.69. The van der Waals surface area contributed by atoms with Crippen molar-refractivity contribution < 1.29 is 23.8 Å². The van der Waals surface area contributed by atoms with Gasteiger partial charge in [-0.05, 0) is 0 Å². The first kappa shape index (κ1) is 12.4. The van der Waals surface area contributed by atoms with Crippen LogP contribution in [0, 0.1) is 11.6 Å². The second-order valence-electron chi connectivity index (χ2n) is 3.90. The van der Waals surface area contributed by atoms with Gasteiger partial charge in [-0.1, -0.05) is 0 Å². The molecule has 1 unspecified atom stereocenters. The Hall–Kier alpha value is -2.02. The fraction of sp³-hybridized carbons (Fsp3) is 0.273. The molecule has 18 heavy (non-hydrogen) atoms. The van der Waals surface area contributed by atoms with E-state index in [1.54, 1.807) is 0 Å². The van der Waals surface area contributed by atoms with Gasteiger partial charge < -0.3 is 14.8 Å². The molecule has 2 aromatic rings. The molecule has 0 spiro atoms. The monoisotopic (exact) mass is 256 g/mol. The highest BCUT2D eigenvalue weighted by Crippen LogP contribution is 2.18. The van der Waals surface area contributed by atoms with E-state index in [-0.39, 0.29) is 12.1 Å². The zero-order valence-corrected chi connectivity index (χ0v) is 9.18. The Morgan fingerprint density at radius 2 is 2.06 bits per heavy atom. The van der Waals surface area contributed by atoms with E-state index < -0.39 is 30.1 Å². The van der Waals surface area contributed by atoms with Gasteiger partial charge in [0.25, 0.3) is 0 Å². The highest BCUT2D eigenvalue weighted by Gasteiger charge is 2.14. The molecule has 0 saturated carbocycles. The third-order valence-electron chi connectivity index (χ3n) is 2.48. The van der Waals surface area contributed by atoms with E-state index in [1.165, 1.54) is 10.9 Å². The van der Waals surface area contributed by atoms with Crippen LogP contribution in [0.2, 0.25) is 0 Å². The standard InChI is InChI=1S/C11H10F2N2O3/c12-7-2-9-10(3-8(7)13)15(5-14-9)4-6(16)1-11(17)18/h2-3,5-6,16H,1,4H2,(H,17,18). The molecule has 0 saturated heterocycles. The van der Waals surface area contributed by atoms with Crippen molar-refractivity contribution in [3.05, 3.63) is 30.1 Å². The molecule has 0 aliphatic carbocycles. The Bertz CT molecular complexity index is 597.